The Morgan fingerprint density at radius 2 is 2.09 bits per heavy atom. The molecule has 1 fully saturated rings. The Kier molecular flexibility index (Phi) is 6.18. The van der Waals surface area contributed by atoms with E-state index in [0.717, 1.165) is 12.1 Å². The summed E-state index contributed by atoms with van der Waals surface area (Å²) in [5.74, 6) is -0.821. The maximum absolute atomic E-state index is 12.6. The first-order chi connectivity index (χ1) is 10.2. The number of hydrogen-bond acceptors (Lipinski definition) is 4. The third-order valence-corrected chi connectivity index (χ3v) is 4.14. The summed E-state index contributed by atoms with van der Waals surface area (Å²) in [6.07, 6.45) is 3.71. The van der Waals surface area contributed by atoms with Crippen LogP contribution in [-0.4, -0.2) is 40.7 Å². The summed E-state index contributed by atoms with van der Waals surface area (Å²) < 4.78 is 1.73. The van der Waals surface area contributed by atoms with E-state index in [1.807, 2.05) is 34.0 Å². The summed E-state index contributed by atoms with van der Waals surface area (Å²) in [6, 6.07) is -0.685. The van der Waals surface area contributed by atoms with Crippen molar-refractivity contribution in [1.29, 1.82) is 0 Å². The molecule has 1 aliphatic heterocycles. The first-order valence-electron chi connectivity index (χ1n) is 7.49. The highest BCUT2D eigenvalue weighted by Gasteiger charge is 2.38. The van der Waals surface area contributed by atoms with Gasteiger partial charge >= 0.3 is 0 Å². The lowest BCUT2D eigenvalue weighted by molar-refractivity contribution is -0.132. The van der Waals surface area contributed by atoms with Crippen LogP contribution < -0.4 is 16.4 Å². The molecule has 23 heavy (non-hydrogen) atoms. The number of aryl methyl sites for hydroxylation is 1. The largest absolute Gasteiger partial charge is 0.368 e. The molecule has 1 saturated heterocycles. The van der Waals surface area contributed by atoms with Crippen molar-refractivity contribution in [2.75, 3.05) is 13.1 Å². The SMILES string of the molecule is Cl.Cn1cc([C@H]2CNC[C@@H]2C(=O)N[C@H](C(N)=O)C(C)(C)C)cn1. The highest BCUT2D eigenvalue weighted by Crippen LogP contribution is 2.29. The van der Waals surface area contributed by atoms with Crippen LogP contribution in [0.4, 0.5) is 0 Å². The van der Waals surface area contributed by atoms with Crippen molar-refractivity contribution in [2.45, 2.75) is 32.7 Å². The number of nitrogens with zero attached hydrogens (tertiary/aromatic N) is 2. The molecule has 2 rings (SSSR count). The van der Waals surface area contributed by atoms with E-state index in [4.69, 9.17) is 5.73 Å². The molecule has 2 heterocycles. The van der Waals surface area contributed by atoms with Gasteiger partial charge in [-0.1, -0.05) is 20.8 Å². The number of carbonyl (C=O) groups excluding carboxylic acids is 2. The van der Waals surface area contributed by atoms with Crippen molar-refractivity contribution in [3.05, 3.63) is 18.0 Å². The maximum atomic E-state index is 12.6. The Labute approximate surface area is 142 Å². The number of halogens is 1. The van der Waals surface area contributed by atoms with Crippen LogP contribution in [0.5, 0.6) is 0 Å². The molecule has 130 valence electrons. The van der Waals surface area contributed by atoms with Crippen LogP contribution in [0.15, 0.2) is 12.4 Å². The van der Waals surface area contributed by atoms with Crippen molar-refractivity contribution in [3.63, 3.8) is 0 Å². The molecular weight excluding hydrogens is 318 g/mol. The van der Waals surface area contributed by atoms with Crippen LogP contribution in [0.2, 0.25) is 0 Å². The smallest absolute Gasteiger partial charge is 0.240 e. The highest BCUT2D eigenvalue weighted by molar-refractivity contribution is 5.88. The first kappa shape index (κ1) is 19.4. The summed E-state index contributed by atoms with van der Waals surface area (Å²) in [5.41, 5.74) is 6.04. The number of nitrogens with one attached hydrogen (secondary N) is 2. The summed E-state index contributed by atoms with van der Waals surface area (Å²) in [7, 11) is 1.85. The van der Waals surface area contributed by atoms with Crippen molar-refractivity contribution in [3.8, 4) is 0 Å². The Balaban J connectivity index is 0.00000264. The standard InChI is InChI=1S/C15H25N5O2.ClH/c1-15(2,3)12(13(16)21)19-14(22)11-7-17-6-10(11)9-5-18-20(4)8-9;/h5,8,10-12,17H,6-7H2,1-4H3,(H2,16,21)(H,19,22);1H/t10-,11+,12-;/m1./s1. The molecule has 3 atom stereocenters. The number of primary amides is 1. The van der Waals surface area contributed by atoms with Crippen LogP contribution in [0.25, 0.3) is 0 Å². The zero-order chi connectivity index (χ0) is 16.5. The lowest BCUT2D eigenvalue weighted by Crippen LogP contribution is -2.54. The number of hydrogen-bond donors (Lipinski definition) is 3. The number of amides is 2. The number of carbonyl (C=O) groups is 2. The van der Waals surface area contributed by atoms with Gasteiger partial charge in [0, 0.05) is 32.3 Å². The number of rotatable bonds is 4. The molecule has 7 nitrogen and oxygen atoms in total. The quantitative estimate of drug-likeness (QED) is 0.724. The molecule has 4 N–H and O–H groups in total. The van der Waals surface area contributed by atoms with E-state index in [-0.39, 0.29) is 30.2 Å². The van der Waals surface area contributed by atoms with Crippen LogP contribution in [0, 0.1) is 11.3 Å². The zero-order valence-electron chi connectivity index (χ0n) is 14.0. The van der Waals surface area contributed by atoms with E-state index in [1.165, 1.54) is 0 Å². The molecule has 0 aliphatic carbocycles. The minimum Gasteiger partial charge on any atom is -0.368 e. The van der Waals surface area contributed by atoms with Crippen molar-refractivity contribution in [2.24, 2.45) is 24.1 Å². The third-order valence-electron chi connectivity index (χ3n) is 4.14. The van der Waals surface area contributed by atoms with Crippen LogP contribution in [0.3, 0.4) is 0 Å². The van der Waals surface area contributed by atoms with Crippen LogP contribution >= 0.6 is 12.4 Å². The van der Waals surface area contributed by atoms with Gasteiger partial charge in [-0.2, -0.15) is 5.10 Å². The van der Waals surface area contributed by atoms with E-state index in [9.17, 15) is 9.59 Å². The van der Waals surface area contributed by atoms with E-state index >= 15 is 0 Å². The van der Waals surface area contributed by atoms with Crippen LogP contribution in [-0.2, 0) is 16.6 Å². The average molecular weight is 344 g/mol. The average Bonchev–Trinajstić information content (AvgIpc) is 3.01. The lowest BCUT2D eigenvalue weighted by atomic mass is 9.84. The fraction of sp³-hybridized carbons (Fsp3) is 0.667. The normalized spacial score (nSPS) is 22.3. The zero-order valence-corrected chi connectivity index (χ0v) is 14.8. The second-order valence-electron chi connectivity index (χ2n) is 7.03. The van der Waals surface area contributed by atoms with E-state index in [2.05, 4.69) is 15.7 Å². The van der Waals surface area contributed by atoms with Gasteiger partial charge in [0.25, 0.3) is 0 Å². The van der Waals surface area contributed by atoms with Crippen LogP contribution in [0.1, 0.15) is 32.3 Å². The van der Waals surface area contributed by atoms with E-state index in [1.54, 1.807) is 10.9 Å². The predicted molar refractivity (Wildman–Crippen MR) is 90.1 cm³/mol. The van der Waals surface area contributed by atoms with Gasteiger partial charge in [-0.3, -0.25) is 14.3 Å². The van der Waals surface area contributed by atoms with Gasteiger partial charge in [0.15, 0.2) is 0 Å². The Morgan fingerprint density at radius 1 is 1.43 bits per heavy atom. The highest BCUT2D eigenvalue weighted by atomic mass is 35.5. The number of nitrogens with two attached hydrogens (primary N) is 1. The Morgan fingerprint density at radius 3 is 2.57 bits per heavy atom. The second-order valence-corrected chi connectivity index (χ2v) is 7.03. The van der Waals surface area contributed by atoms with Gasteiger partial charge in [0.1, 0.15) is 6.04 Å². The van der Waals surface area contributed by atoms with Gasteiger partial charge in [0.05, 0.1) is 12.1 Å². The van der Waals surface area contributed by atoms with Crippen molar-refractivity contribution >= 4 is 24.2 Å². The molecule has 0 bridgehead atoms. The fourth-order valence-corrected chi connectivity index (χ4v) is 2.90. The molecule has 1 aliphatic rings. The minimum absolute atomic E-state index is 0. The van der Waals surface area contributed by atoms with Crippen molar-refractivity contribution < 1.29 is 9.59 Å². The molecule has 0 aromatic carbocycles. The minimum atomic E-state index is -0.685. The summed E-state index contributed by atoms with van der Waals surface area (Å²) >= 11 is 0. The molecule has 0 spiro atoms. The molecule has 0 radical (unpaired) electrons. The molecule has 8 heteroatoms. The Hall–Kier alpha value is -1.60. The van der Waals surface area contributed by atoms with Gasteiger partial charge in [-0.15, -0.1) is 12.4 Å². The second kappa shape index (κ2) is 7.31. The summed E-state index contributed by atoms with van der Waals surface area (Å²) in [4.78, 5) is 24.2. The maximum Gasteiger partial charge on any atom is 0.240 e. The van der Waals surface area contributed by atoms with Gasteiger partial charge in [0.2, 0.25) is 11.8 Å². The monoisotopic (exact) mass is 343 g/mol. The molecule has 2 amide bonds. The molecule has 0 unspecified atom stereocenters. The van der Waals surface area contributed by atoms with Gasteiger partial charge in [-0.25, -0.2) is 0 Å². The van der Waals surface area contributed by atoms with E-state index < -0.39 is 17.4 Å². The molecule has 1 aromatic heterocycles. The molecular formula is C15H26ClN5O2. The topological polar surface area (TPSA) is 102 Å². The molecule has 1 aromatic rings. The van der Waals surface area contributed by atoms with Gasteiger partial charge in [-0.05, 0) is 11.0 Å². The number of aromatic nitrogens is 2. The summed E-state index contributed by atoms with van der Waals surface area (Å²) in [6.45, 7) is 6.96. The lowest BCUT2D eigenvalue weighted by Gasteiger charge is -2.30. The Bertz CT molecular complexity index is 566. The van der Waals surface area contributed by atoms with E-state index in [0.29, 0.717) is 6.54 Å². The van der Waals surface area contributed by atoms with Gasteiger partial charge < -0.3 is 16.4 Å². The predicted octanol–water partition coefficient (Wildman–Crippen LogP) is 0.161. The third kappa shape index (κ3) is 4.45. The first-order valence-corrected chi connectivity index (χ1v) is 7.49. The van der Waals surface area contributed by atoms with Crippen molar-refractivity contribution in [1.82, 2.24) is 20.4 Å². The fourth-order valence-electron chi connectivity index (χ4n) is 2.90. The molecule has 0 saturated carbocycles. The summed E-state index contributed by atoms with van der Waals surface area (Å²) in [5, 5.41) is 10.2.